The Bertz CT molecular complexity index is 306. The van der Waals surface area contributed by atoms with E-state index in [4.69, 9.17) is 4.74 Å². The molecule has 0 radical (unpaired) electrons. The van der Waals surface area contributed by atoms with Crippen LogP contribution in [0.3, 0.4) is 0 Å². The van der Waals surface area contributed by atoms with Gasteiger partial charge in [0.05, 0.1) is 12.4 Å². The third-order valence-corrected chi connectivity index (χ3v) is 4.21. The number of rotatable bonds is 7. The van der Waals surface area contributed by atoms with Crippen LogP contribution in [0, 0.1) is 10.8 Å². The van der Waals surface area contributed by atoms with Crippen LogP contribution < -0.4 is 0 Å². The smallest absolute Gasteiger partial charge is 0.147 e. The first-order valence-corrected chi connectivity index (χ1v) is 7.76. The molecule has 0 aliphatic carbocycles. The van der Waals surface area contributed by atoms with E-state index in [0.29, 0.717) is 6.61 Å². The largest absolute Gasteiger partial charge is 0.384 e. The van der Waals surface area contributed by atoms with Crippen LogP contribution in [-0.4, -0.2) is 34.1 Å². The minimum atomic E-state index is -2.92. The van der Waals surface area contributed by atoms with Crippen LogP contribution >= 0.6 is 0 Å². The lowest BCUT2D eigenvalue weighted by atomic mass is 9.74. The molecule has 16 heavy (non-hydrogen) atoms. The molecule has 0 amide bonds. The third-order valence-electron chi connectivity index (χ3n) is 2.90. The fraction of sp³-hybridized carbons (Fsp3) is 1.00. The quantitative estimate of drug-likeness (QED) is 0.697. The maximum Gasteiger partial charge on any atom is 0.147 e. The summed E-state index contributed by atoms with van der Waals surface area (Å²) < 4.78 is 27.9. The predicted octanol–water partition coefficient (Wildman–Crippen LogP) is 2.51. The number of ether oxygens (including phenoxy) is 1. The number of hydrogen-bond donors (Lipinski definition) is 0. The minimum Gasteiger partial charge on any atom is -0.384 e. The van der Waals surface area contributed by atoms with Crippen LogP contribution in [0.5, 0.6) is 0 Å². The molecule has 1 unspecified atom stereocenters. The van der Waals surface area contributed by atoms with Crippen molar-refractivity contribution in [2.45, 2.75) is 40.5 Å². The van der Waals surface area contributed by atoms with E-state index in [0.717, 1.165) is 12.8 Å². The second-order valence-electron chi connectivity index (χ2n) is 6.01. The molecule has 0 saturated carbocycles. The first-order valence-electron chi connectivity index (χ1n) is 5.70. The second kappa shape index (κ2) is 5.50. The monoisotopic (exact) mass is 250 g/mol. The number of methoxy groups -OCH3 is 1. The molecule has 0 aromatic rings. The van der Waals surface area contributed by atoms with Gasteiger partial charge in [-0.05, 0) is 23.7 Å². The second-order valence-corrected chi connectivity index (χ2v) is 8.15. The maximum absolute atomic E-state index is 11.3. The normalized spacial score (nSPS) is 17.1. The summed E-state index contributed by atoms with van der Waals surface area (Å²) in [6, 6.07) is 0. The third kappa shape index (κ3) is 6.48. The number of sulfone groups is 1. The Morgan fingerprint density at radius 3 is 2.00 bits per heavy atom. The van der Waals surface area contributed by atoms with Crippen molar-refractivity contribution in [3.8, 4) is 0 Å². The van der Waals surface area contributed by atoms with Crippen molar-refractivity contribution in [3.63, 3.8) is 0 Å². The van der Waals surface area contributed by atoms with Crippen LogP contribution in [-0.2, 0) is 14.6 Å². The standard InChI is InChI=1S/C12H26O3S/c1-7-12(4,9-15-5)8-11(2,3)10-16(6,13)14/h7-10H2,1-6H3. The minimum absolute atomic E-state index is 0.0585. The summed E-state index contributed by atoms with van der Waals surface area (Å²) in [6.07, 6.45) is 3.15. The molecule has 3 nitrogen and oxygen atoms in total. The van der Waals surface area contributed by atoms with Crippen LogP contribution in [0.15, 0.2) is 0 Å². The zero-order chi connectivity index (χ0) is 13.0. The van der Waals surface area contributed by atoms with Crippen molar-refractivity contribution in [2.75, 3.05) is 25.7 Å². The van der Waals surface area contributed by atoms with Crippen molar-refractivity contribution in [1.82, 2.24) is 0 Å². The molecule has 1 atom stereocenters. The van der Waals surface area contributed by atoms with Crippen molar-refractivity contribution in [3.05, 3.63) is 0 Å². The lowest BCUT2D eigenvalue weighted by Gasteiger charge is -2.36. The van der Waals surface area contributed by atoms with E-state index in [2.05, 4.69) is 13.8 Å². The Hall–Kier alpha value is -0.0900. The van der Waals surface area contributed by atoms with Gasteiger partial charge in [0.2, 0.25) is 0 Å². The van der Waals surface area contributed by atoms with Crippen molar-refractivity contribution in [2.24, 2.45) is 10.8 Å². The Balaban J connectivity index is 4.66. The van der Waals surface area contributed by atoms with Gasteiger partial charge in [0.15, 0.2) is 0 Å². The molecule has 0 spiro atoms. The van der Waals surface area contributed by atoms with Gasteiger partial charge < -0.3 is 4.74 Å². The molecular weight excluding hydrogens is 224 g/mol. The maximum atomic E-state index is 11.3. The van der Waals surface area contributed by atoms with Gasteiger partial charge in [0.1, 0.15) is 9.84 Å². The molecule has 98 valence electrons. The summed E-state index contributed by atoms with van der Waals surface area (Å²) in [6.45, 7) is 8.97. The van der Waals surface area contributed by atoms with E-state index in [1.54, 1.807) is 7.11 Å². The average Bonchev–Trinajstić information content (AvgIpc) is 1.98. The van der Waals surface area contributed by atoms with E-state index < -0.39 is 9.84 Å². The summed E-state index contributed by atoms with van der Waals surface area (Å²) in [5.41, 5.74) is -0.139. The Morgan fingerprint density at radius 1 is 1.19 bits per heavy atom. The molecule has 0 aliphatic rings. The van der Waals surface area contributed by atoms with Gasteiger partial charge in [-0.15, -0.1) is 0 Å². The molecule has 0 aliphatic heterocycles. The summed E-state index contributed by atoms with van der Waals surface area (Å²) >= 11 is 0. The van der Waals surface area contributed by atoms with Gasteiger partial charge in [-0.3, -0.25) is 0 Å². The average molecular weight is 250 g/mol. The zero-order valence-corrected chi connectivity index (χ0v) is 12.3. The molecule has 0 aromatic heterocycles. The van der Waals surface area contributed by atoms with Crippen molar-refractivity contribution in [1.29, 1.82) is 0 Å². The molecule has 0 N–H and O–H groups in total. The topological polar surface area (TPSA) is 43.4 Å². The predicted molar refractivity (Wildman–Crippen MR) is 68.4 cm³/mol. The number of hydrogen-bond acceptors (Lipinski definition) is 3. The lowest BCUT2D eigenvalue weighted by molar-refractivity contribution is 0.0567. The summed E-state index contributed by atoms with van der Waals surface area (Å²) in [5.74, 6) is 0.235. The molecule has 4 heteroatoms. The SMILES string of the molecule is CCC(C)(COC)CC(C)(C)CS(C)(=O)=O. The van der Waals surface area contributed by atoms with Gasteiger partial charge >= 0.3 is 0 Å². The fourth-order valence-electron chi connectivity index (χ4n) is 2.54. The lowest BCUT2D eigenvalue weighted by Crippen LogP contribution is -2.33. The summed E-state index contributed by atoms with van der Waals surface area (Å²) in [5, 5.41) is 0. The van der Waals surface area contributed by atoms with E-state index in [1.165, 1.54) is 6.26 Å². The van der Waals surface area contributed by atoms with E-state index in [1.807, 2.05) is 13.8 Å². The van der Waals surface area contributed by atoms with E-state index >= 15 is 0 Å². The Morgan fingerprint density at radius 2 is 1.69 bits per heavy atom. The molecule has 0 bridgehead atoms. The van der Waals surface area contributed by atoms with Crippen LogP contribution in [0.25, 0.3) is 0 Å². The molecule has 0 rings (SSSR count). The Kier molecular flexibility index (Phi) is 5.47. The van der Waals surface area contributed by atoms with Gasteiger partial charge in [0, 0.05) is 13.4 Å². The van der Waals surface area contributed by atoms with E-state index in [9.17, 15) is 8.42 Å². The van der Waals surface area contributed by atoms with E-state index in [-0.39, 0.29) is 16.6 Å². The van der Waals surface area contributed by atoms with Crippen LogP contribution in [0.2, 0.25) is 0 Å². The van der Waals surface area contributed by atoms with Gasteiger partial charge in [-0.2, -0.15) is 0 Å². The Labute approximate surface area is 100 Å². The van der Waals surface area contributed by atoms with Crippen molar-refractivity contribution < 1.29 is 13.2 Å². The van der Waals surface area contributed by atoms with Crippen LogP contribution in [0.4, 0.5) is 0 Å². The van der Waals surface area contributed by atoms with Gasteiger partial charge in [0.25, 0.3) is 0 Å². The molecule has 0 saturated heterocycles. The highest BCUT2D eigenvalue weighted by Crippen LogP contribution is 2.37. The highest BCUT2D eigenvalue weighted by molar-refractivity contribution is 7.90. The first kappa shape index (κ1) is 15.9. The highest BCUT2D eigenvalue weighted by Gasteiger charge is 2.33. The summed E-state index contributed by atoms with van der Waals surface area (Å²) in [7, 11) is -1.23. The molecule has 0 heterocycles. The van der Waals surface area contributed by atoms with Gasteiger partial charge in [-0.1, -0.05) is 27.7 Å². The summed E-state index contributed by atoms with van der Waals surface area (Å²) in [4.78, 5) is 0. The van der Waals surface area contributed by atoms with Gasteiger partial charge in [-0.25, -0.2) is 8.42 Å². The molecule has 0 aromatic carbocycles. The fourth-order valence-corrected chi connectivity index (χ4v) is 4.06. The molecule has 0 fully saturated rings. The molecular formula is C12H26O3S. The zero-order valence-electron chi connectivity index (χ0n) is 11.5. The highest BCUT2D eigenvalue weighted by atomic mass is 32.2. The first-order chi connectivity index (χ1) is 7.04. The van der Waals surface area contributed by atoms with Crippen LogP contribution in [0.1, 0.15) is 40.5 Å². The van der Waals surface area contributed by atoms with Crippen molar-refractivity contribution >= 4 is 9.84 Å².